The fourth-order valence-electron chi connectivity index (χ4n) is 2.25. The van der Waals surface area contributed by atoms with Crippen LogP contribution >= 0.6 is 0 Å². The number of nitrogens with zero attached hydrogens (tertiary/aromatic N) is 3. The number of aromatic nitrogens is 4. The zero-order valence-corrected chi connectivity index (χ0v) is 13.0. The Kier molecular flexibility index (Phi) is 3.92. The fraction of sp³-hybridized carbons (Fsp3) is 0.357. The number of fused-ring (bicyclic) bond motifs is 3. The number of esters is 1. The summed E-state index contributed by atoms with van der Waals surface area (Å²) in [6.45, 7) is 2.13. The molecule has 122 valence electrons. The summed E-state index contributed by atoms with van der Waals surface area (Å²) in [5.74, 6) is 1.75. The minimum absolute atomic E-state index is 0.0274. The van der Waals surface area contributed by atoms with E-state index in [9.17, 15) is 4.79 Å². The van der Waals surface area contributed by atoms with Gasteiger partial charge in [0.15, 0.2) is 11.5 Å². The molecule has 0 aliphatic rings. The number of benzene rings is 1. The average molecular weight is 319 g/mol. The van der Waals surface area contributed by atoms with E-state index >= 15 is 0 Å². The van der Waals surface area contributed by atoms with E-state index in [1.54, 1.807) is 31.7 Å². The number of H-pyrrole nitrogens is 1. The average Bonchev–Trinajstić information content (AvgIpc) is 3.08. The molecule has 0 fully saturated rings. The van der Waals surface area contributed by atoms with Crippen molar-refractivity contribution in [2.45, 2.75) is 6.92 Å². The second kappa shape index (κ2) is 6.03. The predicted molar refractivity (Wildman–Crippen MR) is 83.1 cm³/mol. The van der Waals surface area contributed by atoms with E-state index in [2.05, 4.69) is 20.4 Å². The SMILES string of the molecule is CCOC(=O)CNc1nc2nc3cc(OC)c(OC)cc3n2[nH]1. The van der Waals surface area contributed by atoms with Gasteiger partial charge in [-0.25, -0.2) is 9.50 Å². The van der Waals surface area contributed by atoms with Crippen LogP contribution < -0.4 is 14.8 Å². The van der Waals surface area contributed by atoms with Gasteiger partial charge >= 0.3 is 5.97 Å². The molecule has 9 heteroatoms. The van der Waals surface area contributed by atoms with Crippen LogP contribution in [0, 0.1) is 0 Å². The number of methoxy groups -OCH3 is 2. The largest absolute Gasteiger partial charge is 0.493 e. The lowest BCUT2D eigenvalue weighted by molar-refractivity contribution is -0.140. The van der Waals surface area contributed by atoms with E-state index in [0.29, 0.717) is 29.8 Å². The molecule has 3 rings (SSSR count). The summed E-state index contributed by atoms with van der Waals surface area (Å²) >= 11 is 0. The molecule has 0 unspecified atom stereocenters. The molecule has 0 amide bonds. The number of aromatic amines is 1. The Bertz CT molecular complexity index is 854. The highest BCUT2D eigenvalue weighted by Gasteiger charge is 2.14. The summed E-state index contributed by atoms with van der Waals surface area (Å²) in [6, 6.07) is 3.59. The molecule has 0 aliphatic heterocycles. The van der Waals surface area contributed by atoms with Gasteiger partial charge in [0, 0.05) is 12.1 Å². The first-order valence-corrected chi connectivity index (χ1v) is 7.06. The summed E-state index contributed by atoms with van der Waals surface area (Å²) in [5.41, 5.74) is 1.51. The van der Waals surface area contributed by atoms with E-state index in [-0.39, 0.29) is 12.5 Å². The maximum Gasteiger partial charge on any atom is 0.325 e. The summed E-state index contributed by atoms with van der Waals surface area (Å²) < 4.78 is 17.1. The summed E-state index contributed by atoms with van der Waals surface area (Å²) in [6.07, 6.45) is 0. The second-order valence-electron chi connectivity index (χ2n) is 4.67. The first-order chi connectivity index (χ1) is 11.2. The highest BCUT2D eigenvalue weighted by molar-refractivity contribution is 5.83. The fourth-order valence-corrected chi connectivity index (χ4v) is 2.25. The van der Waals surface area contributed by atoms with Gasteiger partial charge in [-0.2, -0.15) is 4.98 Å². The number of rotatable bonds is 6. The Morgan fingerprint density at radius 3 is 2.70 bits per heavy atom. The van der Waals surface area contributed by atoms with Crippen LogP contribution in [-0.4, -0.2) is 52.9 Å². The standard InChI is InChI=1S/C14H17N5O4/c1-4-23-12(20)7-15-13-17-14-16-8-5-10(21-2)11(22-3)6-9(8)19(14)18-13/h5-6H,4,7H2,1-3H3,(H2,15,16,17,18). The third kappa shape index (κ3) is 2.72. The third-order valence-electron chi connectivity index (χ3n) is 3.28. The number of ether oxygens (including phenoxy) is 3. The first kappa shape index (κ1) is 14.9. The van der Waals surface area contributed by atoms with Crippen molar-refractivity contribution in [1.29, 1.82) is 0 Å². The summed E-state index contributed by atoms with van der Waals surface area (Å²) in [4.78, 5) is 20.1. The van der Waals surface area contributed by atoms with Gasteiger partial charge < -0.3 is 19.5 Å². The Labute approximate surface area is 131 Å². The zero-order chi connectivity index (χ0) is 16.4. The van der Waals surface area contributed by atoms with Crippen molar-refractivity contribution >= 4 is 28.7 Å². The van der Waals surface area contributed by atoms with Crippen molar-refractivity contribution in [3.8, 4) is 11.5 Å². The topological polar surface area (TPSA) is 103 Å². The Balaban J connectivity index is 1.92. The molecule has 0 aliphatic carbocycles. The van der Waals surface area contributed by atoms with Crippen LogP contribution in [0.5, 0.6) is 11.5 Å². The van der Waals surface area contributed by atoms with Crippen LogP contribution in [0.15, 0.2) is 12.1 Å². The molecule has 0 radical (unpaired) electrons. The van der Waals surface area contributed by atoms with Gasteiger partial charge in [0.1, 0.15) is 6.54 Å². The van der Waals surface area contributed by atoms with Crippen LogP contribution in [-0.2, 0) is 9.53 Å². The monoisotopic (exact) mass is 319 g/mol. The molecule has 2 N–H and O–H groups in total. The Morgan fingerprint density at radius 2 is 2.00 bits per heavy atom. The van der Waals surface area contributed by atoms with E-state index in [4.69, 9.17) is 14.2 Å². The molecule has 0 atom stereocenters. The van der Waals surface area contributed by atoms with Crippen LogP contribution in [0.25, 0.3) is 16.8 Å². The van der Waals surface area contributed by atoms with Gasteiger partial charge in [-0.05, 0) is 6.92 Å². The molecule has 23 heavy (non-hydrogen) atoms. The lowest BCUT2D eigenvalue weighted by atomic mass is 10.3. The zero-order valence-electron chi connectivity index (χ0n) is 13.0. The van der Waals surface area contributed by atoms with Crippen molar-refractivity contribution in [2.24, 2.45) is 0 Å². The highest BCUT2D eigenvalue weighted by Crippen LogP contribution is 2.32. The van der Waals surface area contributed by atoms with Gasteiger partial charge in [-0.3, -0.25) is 9.89 Å². The predicted octanol–water partition coefficient (Wildman–Crippen LogP) is 1.20. The quantitative estimate of drug-likeness (QED) is 0.658. The van der Waals surface area contributed by atoms with Crippen molar-refractivity contribution in [3.05, 3.63) is 12.1 Å². The molecule has 0 saturated carbocycles. The Morgan fingerprint density at radius 1 is 1.26 bits per heavy atom. The van der Waals surface area contributed by atoms with Crippen molar-refractivity contribution in [3.63, 3.8) is 0 Å². The molecule has 2 heterocycles. The van der Waals surface area contributed by atoms with Gasteiger partial charge in [0.05, 0.1) is 31.9 Å². The van der Waals surface area contributed by atoms with Crippen molar-refractivity contribution in [2.75, 3.05) is 32.7 Å². The van der Waals surface area contributed by atoms with Gasteiger partial charge in [0.2, 0.25) is 5.95 Å². The summed E-state index contributed by atoms with van der Waals surface area (Å²) in [7, 11) is 3.14. The van der Waals surface area contributed by atoms with Crippen LogP contribution in [0.3, 0.4) is 0 Å². The maximum absolute atomic E-state index is 11.4. The molecular weight excluding hydrogens is 302 g/mol. The molecule has 1 aromatic carbocycles. The normalized spacial score (nSPS) is 10.9. The van der Waals surface area contributed by atoms with E-state index < -0.39 is 0 Å². The van der Waals surface area contributed by atoms with E-state index in [1.807, 2.05) is 6.07 Å². The minimum Gasteiger partial charge on any atom is -0.493 e. The molecule has 0 saturated heterocycles. The van der Waals surface area contributed by atoms with E-state index in [0.717, 1.165) is 11.0 Å². The lowest BCUT2D eigenvalue weighted by Crippen LogP contribution is -2.17. The number of nitrogens with one attached hydrogen (secondary N) is 2. The molecule has 0 spiro atoms. The lowest BCUT2D eigenvalue weighted by Gasteiger charge is -2.06. The molecule has 2 aromatic heterocycles. The minimum atomic E-state index is -0.349. The van der Waals surface area contributed by atoms with Crippen LogP contribution in [0.4, 0.5) is 5.95 Å². The first-order valence-electron chi connectivity index (χ1n) is 7.06. The summed E-state index contributed by atoms with van der Waals surface area (Å²) in [5, 5.41) is 5.90. The van der Waals surface area contributed by atoms with E-state index in [1.165, 1.54) is 0 Å². The number of carbonyl (C=O) groups excluding carboxylic acids is 1. The van der Waals surface area contributed by atoms with Gasteiger partial charge in [0.25, 0.3) is 5.78 Å². The molecule has 3 aromatic rings. The Hall–Kier alpha value is -2.97. The van der Waals surface area contributed by atoms with Crippen molar-refractivity contribution in [1.82, 2.24) is 19.6 Å². The number of imidazole rings is 1. The van der Waals surface area contributed by atoms with Crippen molar-refractivity contribution < 1.29 is 19.0 Å². The molecule has 9 nitrogen and oxygen atoms in total. The second-order valence-corrected chi connectivity index (χ2v) is 4.67. The number of carbonyl (C=O) groups is 1. The number of anilines is 1. The number of hydrogen-bond acceptors (Lipinski definition) is 7. The smallest absolute Gasteiger partial charge is 0.325 e. The molecular formula is C14H17N5O4. The van der Waals surface area contributed by atoms with Gasteiger partial charge in [-0.1, -0.05) is 0 Å². The maximum atomic E-state index is 11.4. The molecule has 0 bridgehead atoms. The van der Waals surface area contributed by atoms with Gasteiger partial charge in [-0.15, -0.1) is 0 Å². The number of hydrogen-bond donors (Lipinski definition) is 2. The van der Waals surface area contributed by atoms with Crippen LogP contribution in [0.2, 0.25) is 0 Å². The third-order valence-corrected chi connectivity index (χ3v) is 3.28. The highest BCUT2D eigenvalue weighted by atomic mass is 16.5. The van der Waals surface area contributed by atoms with Crippen LogP contribution in [0.1, 0.15) is 6.92 Å².